The lowest BCUT2D eigenvalue weighted by atomic mass is 9.30. The molecule has 0 heterocycles. The van der Waals surface area contributed by atoms with Crippen molar-refractivity contribution >= 4 is 5.97 Å². The molecule has 0 unspecified atom stereocenters. The van der Waals surface area contributed by atoms with Crippen molar-refractivity contribution < 1.29 is 9.53 Å². The van der Waals surface area contributed by atoms with Crippen LogP contribution in [0.1, 0.15) is 126 Å². The normalized spacial score (nSPS) is 58.3. The SMILES string of the molecule is COC(=O)[C@]1(C)CC[C@]2(C)CC[C@]3(C)[C@H]4CC[C@@]5(C)[C@@H](CCC[C@@H]5C)[C@]4(C)CC[C@@]3(C)[C@@H]2C1. The fraction of sp³-hybridized carbons (Fsp3) is 0.968. The molecule has 5 saturated carbocycles. The first-order valence-corrected chi connectivity index (χ1v) is 14.4. The average Bonchev–Trinajstić information content (AvgIpc) is 2.77. The second-order valence-electron chi connectivity index (χ2n) is 15.3. The van der Waals surface area contributed by atoms with Crippen LogP contribution in [-0.2, 0) is 9.53 Å². The Morgan fingerprint density at radius 3 is 2.03 bits per heavy atom. The molecule has 188 valence electrons. The van der Waals surface area contributed by atoms with Gasteiger partial charge < -0.3 is 4.74 Å². The highest BCUT2D eigenvalue weighted by atomic mass is 16.5. The van der Waals surface area contributed by atoms with Crippen molar-refractivity contribution in [2.45, 2.75) is 126 Å². The molecular weight excluding hydrogens is 404 g/mol. The first-order chi connectivity index (χ1) is 15.3. The van der Waals surface area contributed by atoms with Crippen LogP contribution >= 0.6 is 0 Å². The number of hydrogen-bond donors (Lipinski definition) is 0. The minimum absolute atomic E-state index is 0.0331. The van der Waals surface area contributed by atoms with Gasteiger partial charge in [0.2, 0.25) is 0 Å². The van der Waals surface area contributed by atoms with E-state index in [0.717, 1.165) is 30.6 Å². The standard InChI is InChI=1S/C31H52O2/c1-21-10-9-11-22-28(21,4)13-12-23-29(22,5)17-19-31(7)24-20-27(3,25(32)33-8)15-14-26(24,2)16-18-30(23,31)6/h21-24H,9-20H2,1-8H3/t21-,22+,23-,24+,26+,27+,28+,29-,30+,31-/m0/s1. The summed E-state index contributed by atoms with van der Waals surface area (Å²) in [6, 6.07) is 0. The molecule has 0 saturated heterocycles. The van der Waals surface area contributed by atoms with Gasteiger partial charge in [0, 0.05) is 0 Å². The number of esters is 1. The lowest BCUT2D eigenvalue weighted by molar-refractivity contribution is -0.259. The van der Waals surface area contributed by atoms with Crippen molar-refractivity contribution in [3.05, 3.63) is 0 Å². The van der Waals surface area contributed by atoms with E-state index in [1.54, 1.807) is 7.11 Å². The van der Waals surface area contributed by atoms with E-state index >= 15 is 0 Å². The molecule has 10 atom stereocenters. The maximum absolute atomic E-state index is 12.9. The van der Waals surface area contributed by atoms with Crippen LogP contribution in [0.5, 0.6) is 0 Å². The van der Waals surface area contributed by atoms with Crippen molar-refractivity contribution in [2.24, 2.45) is 56.2 Å². The molecule has 5 aliphatic carbocycles. The minimum atomic E-state index is -0.301. The minimum Gasteiger partial charge on any atom is -0.469 e. The van der Waals surface area contributed by atoms with Crippen LogP contribution in [0.15, 0.2) is 0 Å². The van der Waals surface area contributed by atoms with Gasteiger partial charge in [-0.05, 0) is 122 Å². The second-order valence-corrected chi connectivity index (χ2v) is 15.3. The fourth-order valence-electron chi connectivity index (χ4n) is 11.6. The number of carbonyl (C=O) groups is 1. The lowest BCUT2D eigenvalue weighted by Gasteiger charge is -2.74. The molecule has 0 aromatic heterocycles. The van der Waals surface area contributed by atoms with Gasteiger partial charge in [-0.3, -0.25) is 4.79 Å². The van der Waals surface area contributed by atoms with Crippen LogP contribution < -0.4 is 0 Å². The summed E-state index contributed by atoms with van der Waals surface area (Å²) in [5.74, 6) is 3.27. The number of methoxy groups -OCH3 is 1. The van der Waals surface area contributed by atoms with Crippen LogP contribution in [0, 0.1) is 56.2 Å². The zero-order valence-corrected chi connectivity index (χ0v) is 23.1. The molecule has 5 aliphatic rings. The number of rotatable bonds is 1. The summed E-state index contributed by atoms with van der Waals surface area (Å²) in [4.78, 5) is 12.9. The van der Waals surface area contributed by atoms with Crippen molar-refractivity contribution in [3.63, 3.8) is 0 Å². The summed E-state index contributed by atoms with van der Waals surface area (Å²) >= 11 is 0. The Bertz CT molecular complexity index is 820. The first kappa shape index (κ1) is 24.2. The predicted molar refractivity (Wildman–Crippen MR) is 136 cm³/mol. The van der Waals surface area contributed by atoms with E-state index in [0.29, 0.717) is 33.0 Å². The number of fused-ring (bicyclic) bond motifs is 7. The molecule has 33 heavy (non-hydrogen) atoms. The van der Waals surface area contributed by atoms with E-state index < -0.39 is 0 Å². The van der Waals surface area contributed by atoms with E-state index in [-0.39, 0.29) is 11.4 Å². The van der Waals surface area contributed by atoms with E-state index in [1.807, 2.05) is 0 Å². The van der Waals surface area contributed by atoms with Gasteiger partial charge in [-0.15, -0.1) is 0 Å². The molecule has 0 amide bonds. The van der Waals surface area contributed by atoms with Crippen LogP contribution in [0.3, 0.4) is 0 Å². The second kappa shape index (κ2) is 7.25. The summed E-state index contributed by atoms with van der Waals surface area (Å²) in [5, 5.41) is 0. The largest absolute Gasteiger partial charge is 0.469 e. The molecular formula is C31H52O2. The van der Waals surface area contributed by atoms with E-state index in [2.05, 4.69) is 48.5 Å². The Morgan fingerprint density at radius 1 is 0.697 bits per heavy atom. The van der Waals surface area contributed by atoms with Crippen molar-refractivity contribution in [3.8, 4) is 0 Å². The summed E-state index contributed by atoms with van der Waals surface area (Å²) in [7, 11) is 1.59. The van der Waals surface area contributed by atoms with Gasteiger partial charge in [-0.2, -0.15) is 0 Å². The summed E-state index contributed by atoms with van der Waals surface area (Å²) in [6.07, 6.45) is 15.9. The first-order valence-electron chi connectivity index (χ1n) is 14.4. The predicted octanol–water partition coefficient (Wildman–Crippen LogP) is 8.43. The summed E-state index contributed by atoms with van der Waals surface area (Å²) in [5.41, 5.74) is 1.84. The zero-order chi connectivity index (χ0) is 24.1. The Kier molecular flexibility index (Phi) is 5.31. The van der Waals surface area contributed by atoms with Crippen molar-refractivity contribution in [1.82, 2.24) is 0 Å². The smallest absolute Gasteiger partial charge is 0.311 e. The van der Waals surface area contributed by atoms with Gasteiger partial charge >= 0.3 is 5.97 Å². The topological polar surface area (TPSA) is 26.3 Å². The van der Waals surface area contributed by atoms with Crippen molar-refractivity contribution in [1.29, 1.82) is 0 Å². The summed E-state index contributed by atoms with van der Waals surface area (Å²) < 4.78 is 5.34. The van der Waals surface area contributed by atoms with Gasteiger partial charge in [0.05, 0.1) is 12.5 Å². The third-order valence-corrected chi connectivity index (χ3v) is 14.3. The molecule has 0 bridgehead atoms. The number of hydrogen-bond acceptors (Lipinski definition) is 2. The molecule has 0 aliphatic heterocycles. The zero-order valence-electron chi connectivity index (χ0n) is 23.1. The Hall–Kier alpha value is -0.530. The number of ether oxygens (including phenoxy) is 1. The molecule has 0 aromatic rings. The van der Waals surface area contributed by atoms with Crippen LogP contribution in [0.2, 0.25) is 0 Å². The van der Waals surface area contributed by atoms with Crippen LogP contribution in [0.25, 0.3) is 0 Å². The Morgan fingerprint density at radius 2 is 1.33 bits per heavy atom. The molecule has 0 aromatic carbocycles. The lowest BCUT2D eigenvalue weighted by Crippen LogP contribution is -2.67. The summed E-state index contributed by atoms with van der Waals surface area (Å²) in [6.45, 7) is 18.1. The third kappa shape index (κ3) is 2.94. The van der Waals surface area contributed by atoms with E-state index in [9.17, 15) is 4.79 Å². The molecule has 0 radical (unpaired) electrons. The quantitative estimate of drug-likeness (QED) is 0.370. The number of carbonyl (C=O) groups excluding carboxylic acids is 1. The molecule has 5 rings (SSSR count). The van der Waals surface area contributed by atoms with Crippen LogP contribution in [-0.4, -0.2) is 13.1 Å². The van der Waals surface area contributed by atoms with Gasteiger partial charge in [0.15, 0.2) is 0 Å². The molecule has 5 fully saturated rings. The van der Waals surface area contributed by atoms with Crippen LogP contribution in [0.4, 0.5) is 0 Å². The van der Waals surface area contributed by atoms with Gasteiger partial charge in [0.1, 0.15) is 0 Å². The molecule has 0 N–H and O–H groups in total. The Balaban J connectivity index is 1.53. The fourth-order valence-corrected chi connectivity index (χ4v) is 11.6. The highest BCUT2D eigenvalue weighted by molar-refractivity contribution is 5.76. The van der Waals surface area contributed by atoms with E-state index in [1.165, 1.54) is 64.2 Å². The Labute approximate surface area is 204 Å². The average molecular weight is 457 g/mol. The third-order valence-electron chi connectivity index (χ3n) is 14.3. The molecule has 2 nitrogen and oxygen atoms in total. The molecule has 2 heteroatoms. The highest BCUT2D eigenvalue weighted by Gasteiger charge is 2.71. The molecule has 0 spiro atoms. The van der Waals surface area contributed by atoms with Gasteiger partial charge in [-0.1, -0.05) is 54.4 Å². The monoisotopic (exact) mass is 456 g/mol. The maximum atomic E-state index is 12.9. The van der Waals surface area contributed by atoms with E-state index in [4.69, 9.17) is 4.74 Å². The van der Waals surface area contributed by atoms with Crippen molar-refractivity contribution in [2.75, 3.05) is 7.11 Å². The maximum Gasteiger partial charge on any atom is 0.311 e. The highest BCUT2D eigenvalue weighted by Crippen LogP contribution is 2.78. The van der Waals surface area contributed by atoms with Gasteiger partial charge in [-0.25, -0.2) is 0 Å². The van der Waals surface area contributed by atoms with Gasteiger partial charge in [0.25, 0.3) is 0 Å².